The predicted octanol–water partition coefficient (Wildman–Crippen LogP) is 3.84. The number of rotatable bonds is 2. The van der Waals surface area contributed by atoms with Crippen molar-refractivity contribution < 1.29 is 4.74 Å². The Morgan fingerprint density at radius 2 is 1.65 bits per heavy atom. The second-order valence-corrected chi connectivity index (χ2v) is 6.27. The van der Waals surface area contributed by atoms with E-state index in [4.69, 9.17) is 4.74 Å². The van der Waals surface area contributed by atoms with E-state index in [0.717, 1.165) is 17.8 Å². The second kappa shape index (κ2) is 4.78. The lowest BCUT2D eigenvalue weighted by molar-refractivity contribution is 0.0662. The Balaban J connectivity index is 1.53. The fourth-order valence-electron chi connectivity index (χ4n) is 3.89. The highest BCUT2D eigenvalue weighted by Gasteiger charge is 2.39. The van der Waals surface area contributed by atoms with E-state index in [1.165, 1.54) is 36.5 Å². The first kappa shape index (κ1) is 12.2. The Morgan fingerprint density at radius 1 is 0.950 bits per heavy atom. The fraction of sp³-hybridized carbons (Fsp3) is 0.444. The molecule has 2 aromatic carbocycles. The first-order valence-corrected chi connectivity index (χ1v) is 7.67. The molecule has 4 rings (SSSR count). The summed E-state index contributed by atoms with van der Waals surface area (Å²) in [5.41, 5.74) is 0. The van der Waals surface area contributed by atoms with Crippen LogP contribution < -0.4 is 4.74 Å². The molecule has 0 saturated carbocycles. The van der Waals surface area contributed by atoms with Crippen LogP contribution in [0.5, 0.6) is 5.75 Å². The summed E-state index contributed by atoms with van der Waals surface area (Å²) >= 11 is 0. The van der Waals surface area contributed by atoms with Crippen LogP contribution in [0.25, 0.3) is 10.8 Å². The number of hydrogen-bond donors (Lipinski definition) is 0. The average Bonchev–Trinajstić information content (AvgIpc) is 2.70. The van der Waals surface area contributed by atoms with Crippen LogP contribution in [-0.4, -0.2) is 30.1 Å². The Labute approximate surface area is 120 Å². The lowest BCUT2D eigenvalue weighted by Gasteiger charge is -2.36. The molecule has 104 valence electrons. The van der Waals surface area contributed by atoms with Gasteiger partial charge in [-0.1, -0.05) is 30.3 Å². The molecule has 0 aliphatic carbocycles. The van der Waals surface area contributed by atoms with Gasteiger partial charge in [0.1, 0.15) is 11.9 Å². The zero-order valence-corrected chi connectivity index (χ0v) is 12.0. The van der Waals surface area contributed by atoms with Crippen LogP contribution in [0.2, 0.25) is 0 Å². The van der Waals surface area contributed by atoms with Gasteiger partial charge >= 0.3 is 0 Å². The SMILES string of the molecule is CN1[C@@H]2CC[C@H]1CC(Oc1ccc3ccccc3c1)C2. The zero-order chi connectivity index (χ0) is 13.5. The van der Waals surface area contributed by atoms with Crippen molar-refractivity contribution in [2.45, 2.75) is 43.9 Å². The maximum atomic E-state index is 6.27. The molecular weight excluding hydrogens is 246 g/mol. The number of ether oxygens (including phenoxy) is 1. The van der Waals surface area contributed by atoms with E-state index in [1.807, 2.05) is 0 Å². The first-order valence-electron chi connectivity index (χ1n) is 7.67. The Hall–Kier alpha value is -1.54. The Kier molecular flexibility index (Phi) is 2.92. The molecular formula is C18H21NO. The summed E-state index contributed by atoms with van der Waals surface area (Å²) in [7, 11) is 2.27. The molecule has 0 aromatic heterocycles. The molecule has 2 bridgehead atoms. The van der Waals surface area contributed by atoms with Crippen LogP contribution in [0.4, 0.5) is 0 Å². The maximum absolute atomic E-state index is 6.27. The summed E-state index contributed by atoms with van der Waals surface area (Å²) < 4.78 is 6.27. The molecule has 2 aliphatic rings. The molecule has 2 nitrogen and oxygen atoms in total. The minimum Gasteiger partial charge on any atom is -0.490 e. The lowest BCUT2D eigenvalue weighted by Crippen LogP contribution is -2.43. The molecule has 0 N–H and O–H groups in total. The quantitative estimate of drug-likeness (QED) is 0.819. The molecule has 3 atom stereocenters. The van der Waals surface area contributed by atoms with Gasteiger partial charge in [0.15, 0.2) is 0 Å². The monoisotopic (exact) mass is 267 g/mol. The molecule has 2 heterocycles. The van der Waals surface area contributed by atoms with Crippen molar-refractivity contribution in [1.82, 2.24) is 4.90 Å². The van der Waals surface area contributed by atoms with E-state index in [9.17, 15) is 0 Å². The summed E-state index contributed by atoms with van der Waals surface area (Å²) in [5, 5.41) is 2.55. The standard InChI is InChI=1S/C18H21NO/c1-19-15-7-8-16(19)12-18(11-15)20-17-9-6-13-4-2-3-5-14(13)10-17/h2-6,9-10,15-16,18H,7-8,11-12H2,1H3/t15-,16+,18?. The van der Waals surface area contributed by atoms with Crippen molar-refractivity contribution in [1.29, 1.82) is 0 Å². The van der Waals surface area contributed by atoms with Crippen molar-refractivity contribution in [2.24, 2.45) is 0 Å². The topological polar surface area (TPSA) is 12.5 Å². The Morgan fingerprint density at radius 3 is 2.40 bits per heavy atom. The number of fused-ring (bicyclic) bond motifs is 3. The molecule has 0 radical (unpaired) electrons. The van der Waals surface area contributed by atoms with E-state index in [2.05, 4.69) is 54.4 Å². The van der Waals surface area contributed by atoms with E-state index in [1.54, 1.807) is 0 Å². The normalized spacial score (nSPS) is 29.8. The maximum Gasteiger partial charge on any atom is 0.120 e. The van der Waals surface area contributed by atoms with Crippen molar-refractivity contribution in [3.05, 3.63) is 42.5 Å². The molecule has 2 aromatic rings. The largest absolute Gasteiger partial charge is 0.490 e. The average molecular weight is 267 g/mol. The van der Waals surface area contributed by atoms with Gasteiger partial charge in [-0.2, -0.15) is 0 Å². The van der Waals surface area contributed by atoms with Crippen molar-refractivity contribution in [3.8, 4) is 5.75 Å². The summed E-state index contributed by atoms with van der Waals surface area (Å²) in [6.45, 7) is 0. The molecule has 20 heavy (non-hydrogen) atoms. The highest BCUT2D eigenvalue weighted by molar-refractivity contribution is 5.83. The van der Waals surface area contributed by atoms with Crippen molar-refractivity contribution in [3.63, 3.8) is 0 Å². The fourth-order valence-corrected chi connectivity index (χ4v) is 3.89. The van der Waals surface area contributed by atoms with Gasteiger partial charge in [0.2, 0.25) is 0 Å². The van der Waals surface area contributed by atoms with Crippen LogP contribution in [0.3, 0.4) is 0 Å². The summed E-state index contributed by atoms with van der Waals surface area (Å²) in [5.74, 6) is 1.03. The number of benzene rings is 2. The van der Waals surface area contributed by atoms with Gasteiger partial charge in [0.05, 0.1) is 0 Å². The van der Waals surface area contributed by atoms with Crippen molar-refractivity contribution in [2.75, 3.05) is 7.05 Å². The van der Waals surface area contributed by atoms with E-state index >= 15 is 0 Å². The van der Waals surface area contributed by atoms with E-state index < -0.39 is 0 Å². The third-order valence-corrected chi connectivity index (χ3v) is 5.08. The predicted molar refractivity (Wildman–Crippen MR) is 82.2 cm³/mol. The molecule has 2 aliphatic heterocycles. The summed E-state index contributed by atoms with van der Waals surface area (Å²) in [6.07, 6.45) is 5.45. The van der Waals surface area contributed by atoms with Crippen molar-refractivity contribution >= 4 is 10.8 Å². The molecule has 2 saturated heterocycles. The summed E-state index contributed by atoms with van der Waals surface area (Å²) in [4.78, 5) is 2.56. The molecule has 2 heteroatoms. The van der Waals surface area contributed by atoms with Gasteiger partial charge in [-0.25, -0.2) is 0 Å². The van der Waals surface area contributed by atoms with Gasteiger partial charge in [-0.05, 0) is 55.6 Å². The van der Waals surface area contributed by atoms with Gasteiger partial charge in [0, 0.05) is 12.1 Å². The number of piperidine rings is 1. The smallest absolute Gasteiger partial charge is 0.120 e. The second-order valence-electron chi connectivity index (χ2n) is 6.27. The highest BCUT2D eigenvalue weighted by atomic mass is 16.5. The van der Waals surface area contributed by atoms with Gasteiger partial charge in [-0.15, -0.1) is 0 Å². The van der Waals surface area contributed by atoms with E-state index in [0.29, 0.717) is 6.10 Å². The van der Waals surface area contributed by atoms with Gasteiger partial charge < -0.3 is 9.64 Å². The number of hydrogen-bond acceptors (Lipinski definition) is 2. The van der Waals surface area contributed by atoms with Gasteiger partial charge in [0.25, 0.3) is 0 Å². The Bertz CT molecular complexity index is 610. The zero-order valence-electron chi connectivity index (χ0n) is 12.0. The van der Waals surface area contributed by atoms with Crippen LogP contribution in [0.15, 0.2) is 42.5 Å². The van der Waals surface area contributed by atoms with E-state index in [-0.39, 0.29) is 0 Å². The van der Waals surface area contributed by atoms with Crippen LogP contribution in [-0.2, 0) is 0 Å². The van der Waals surface area contributed by atoms with Crippen LogP contribution in [0.1, 0.15) is 25.7 Å². The van der Waals surface area contributed by atoms with Crippen LogP contribution in [0, 0.1) is 0 Å². The molecule has 0 amide bonds. The minimum atomic E-state index is 0.393. The molecule has 2 fully saturated rings. The highest BCUT2D eigenvalue weighted by Crippen LogP contribution is 2.36. The van der Waals surface area contributed by atoms with Gasteiger partial charge in [-0.3, -0.25) is 0 Å². The first-order chi connectivity index (χ1) is 9.79. The lowest BCUT2D eigenvalue weighted by atomic mass is 10.0. The third-order valence-electron chi connectivity index (χ3n) is 5.08. The molecule has 1 unspecified atom stereocenters. The third kappa shape index (κ3) is 2.08. The van der Waals surface area contributed by atoms with Crippen LogP contribution >= 0.6 is 0 Å². The molecule has 0 spiro atoms. The minimum absolute atomic E-state index is 0.393. The number of nitrogens with zero attached hydrogens (tertiary/aromatic N) is 1. The summed E-state index contributed by atoms with van der Waals surface area (Å²) in [6, 6.07) is 16.4.